The standard InChI is InChI=1S/C5HCl4NO3S/c6-1-2(7)4(9)10(11)5(3(1)8)14(12)13/h10H. The molecule has 0 aromatic heterocycles. The van der Waals surface area contributed by atoms with Crippen LogP contribution in [0.4, 0.5) is 0 Å². The summed E-state index contributed by atoms with van der Waals surface area (Å²) < 4.78 is 21.2. The van der Waals surface area contributed by atoms with E-state index in [0.29, 0.717) is 0 Å². The van der Waals surface area contributed by atoms with E-state index in [0.717, 1.165) is 0 Å². The van der Waals surface area contributed by atoms with Crippen LogP contribution < -0.4 is 5.06 Å². The third kappa shape index (κ3) is 1.94. The van der Waals surface area contributed by atoms with Crippen molar-refractivity contribution in [3.8, 4) is 0 Å². The van der Waals surface area contributed by atoms with E-state index in [1.54, 1.807) is 0 Å². The molecule has 4 nitrogen and oxygen atoms in total. The second-order valence-electron chi connectivity index (χ2n) is 2.15. The Morgan fingerprint density at radius 2 is 1.50 bits per heavy atom. The minimum Gasteiger partial charge on any atom is -0.622 e. The van der Waals surface area contributed by atoms with Crippen LogP contribution in [0.3, 0.4) is 0 Å². The molecule has 0 bridgehead atoms. The van der Waals surface area contributed by atoms with Crippen molar-refractivity contribution in [2.45, 2.75) is 0 Å². The Labute approximate surface area is 100 Å². The minimum atomic E-state index is -2.80. The van der Waals surface area contributed by atoms with Crippen LogP contribution >= 0.6 is 46.4 Å². The van der Waals surface area contributed by atoms with Gasteiger partial charge in [-0.2, -0.15) is 8.42 Å². The first kappa shape index (κ1) is 12.3. The fraction of sp³-hybridized carbons (Fsp3) is 0. The summed E-state index contributed by atoms with van der Waals surface area (Å²) in [5.41, 5.74) is 0. The molecule has 9 heteroatoms. The number of rotatable bonds is 0. The number of allylic oxidation sites excluding steroid dienone is 2. The van der Waals surface area contributed by atoms with Gasteiger partial charge in [-0.3, -0.25) is 5.06 Å². The Morgan fingerprint density at radius 1 is 1.00 bits per heavy atom. The maximum Gasteiger partial charge on any atom is 0.278 e. The average molecular weight is 297 g/mol. The molecule has 1 aliphatic heterocycles. The first-order valence-corrected chi connectivity index (χ1v) is 5.58. The zero-order chi connectivity index (χ0) is 11.0. The van der Waals surface area contributed by atoms with E-state index in [9.17, 15) is 13.6 Å². The van der Waals surface area contributed by atoms with Crippen LogP contribution in [0.5, 0.6) is 0 Å². The van der Waals surface area contributed by atoms with Gasteiger partial charge in [0, 0.05) is 0 Å². The van der Waals surface area contributed by atoms with Gasteiger partial charge in [-0.05, 0) is 11.6 Å². The Hall–Kier alpha value is 0.250. The second kappa shape index (κ2) is 4.40. The summed E-state index contributed by atoms with van der Waals surface area (Å²) in [6.07, 6.45) is 0. The third-order valence-corrected chi connectivity index (χ3v) is 3.97. The lowest BCUT2D eigenvalue weighted by Gasteiger charge is -2.24. The minimum absolute atomic E-state index is 0.252. The number of hydrogen-bond acceptors (Lipinski definition) is 3. The van der Waals surface area contributed by atoms with Crippen LogP contribution in [0, 0.1) is 5.21 Å². The highest BCUT2D eigenvalue weighted by Gasteiger charge is 2.31. The van der Waals surface area contributed by atoms with Gasteiger partial charge in [0.1, 0.15) is 10.1 Å². The summed E-state index contributed by atoms with van der Waals surface area (Å²) in [4.78, 5) is -0.675. The van der Waals surface area contributed by atoms with Gasteiger partial charge in [0.2, 0.25) is 5.16 Å². The summed E-state index contributed by atoms with van der Waals surface area (Å²) >= 11 is 22.0. The zero-order valence-corrected chi connectivity index (χ0v) is 9.99. The number of quaternary nitrogens is 1. The van der Waals surface area contributed by atoms with Gasteiger partial charge >= 0.3 is 0 Å². The van der Waals surface area contributed by atoms with Crippen molar-refractivity contribution in [3.63, 3.8) is 0 Å². The molecule has 0 aromatic rings. The first-order chi connectivity index (χ1) is 6.37. The van der Waals surface area contributed by atoms with Crippen LogP contribution in [-0.2, 0) is 10.3 Å². The summed E-state index contributed by atoms with van der Waals surface area (Å²) in [7, 11) is -2.80. The molecule has 0 aliphatic carbocycles. The lowest BCUT2D eigenvalue weighted by Crippen LogP contribution is -3.08. The van der Waals surface area contributed by atoms with E-state index in [-0.39, 0.29) is 10.1 Å². The fourth-order valence-corrected chi connectivity index (χ4v) is 2.38. The van der Waals surface area contributed by atoms with E-state index in [1.165, 1.54) is 0 Å². The molecule has 1 unspecified atom stereocenters. The lowest BCUT2D eigenvalue weighted by molar-refractivity contribution is -0.688. The highest BCUT2D eigenvalue weighted by Crippen LogP contribution is 2.30. The molecular formula is C5HCl4NO3S. The van der Waals surface area contributed by atoms with Crippen molar-refractivity contribution in [1.29, 1.82) is 0 Å². The topological polar surface area (TPSA) is 61.6 Å². The van der Waals surface area contributed by atoms with Crippen molar-refractivity contribution in [2.24, 2.45) is 0 Å². The summed E-state index contributed by atoms with van der Waals surface area (Å²) in [5.74, 6) is 0. The molecule has 0 amide bonds. The van der Waals surface area contributed by atoms with Crippen molar-refractivity contribution in [3.05, 3.63) is 25.5 Å². The maximum absolute atomic E-state index is 11.3. The smallest absolute Gasteiger partial charge is 0.278 e. The van der Waals surface area contributed by atoms with E-state index >= 15 is 0 Å². The average Bonchev–Trinajstić information content (AvgIpc) is 2.11. The van der Waals surface area contributed by atoms with Gasteiger partial charge in [-0.1, -0.05) is 34.8 Å². The van der Waals surface area contributed by atoms with Crippen LogP contribution in [-0.4, -0.2) is 13.4 Å². The highest BCUT2D eigenvalue weighted by atomic mass is 35.5. The zero-order valence-electron chi connectivity index (χ0n) is 6.14. The molecule has 1 heterocycles. The largest absolute Gasteiger partial charge is 0.622 e. The van der Waals surface area contributed by atoms with E-state index in [2.05, 4.69) is 0 Å². The van der Waals surface area contributed by atoms with Crippen molar-refractivity contribution < 1.29 is 13.5 Å². The number of nitrogens with one attached hydrogen (secondary N) is 1. The van der Waals surface area contributed by atoms with Crippen LogP contribution in [0.25, 0.3) is 0 Å². The van der Waals surface area contributed by atoms with Gasteiger partial charge in [-0.25, -0.2) is 0 Å². The van der Waals surface area contributed by atoms with Gasteiger partial charge in [0.25, 0.3) is 15.3 Å². The Morgan fingerprint density at radius 3 is 1.93 bits per heavy atom. The molecule has 0 aromatic carbocycles. The van der Waals surface area contributed by atoms with Crippen LogP contribution in [0.1, 0.15) is 0 Å². The maximum atomic E-state index is 11.3. The molecular weight excluding hydrogens is 296 g/mol. The molecule has 0 spiro atoms. The van der Waals surface area contributed by atoms with Gasteiger partial charge in [-0.15, -0.1) is 0 Å². The Balaban J connectivity index is 3.58. The van der Waals surface area contributed by atoms with Crippen molar-refractivity contribution in [1.82, 2.24) is 0 Å². The SMILES string of the molecule is O=S(=O)=C1C(Cl)=C(Cl)C(Cl)=C(Cl)[NH+]1[O-]. The van der Waals surface area contributed by atoms with Gasteiger partial charge < -0.3 is 5.21 Å². The molecule has 0 radical (unpaired) electrons. The van der Waals surface area contributed by atoms with Crippen molar-refractivity contribution >= 4 is 61.7 Å². The molecule has 1 N–H and O–H groups in total. The lowest BCUT2D eigenvalue weighted by atomic mass is 10.4. The van der Waals surface area contributed by atoms with Crippen LogP contribution in [0.15, 0.2) is 20.3 Å². The molecule has 0 saturated heterocycles. The molecule has 1 atom stereocenters. The fourth-order valence-electron chi connectivity index (χ4n) is 0.740. The van der Waals surface area contributed by atoms with Crippen molar-refractivity contribution in [2.75, 3.05) is 0 Å². The quantitative estimate of drug-likeness (QED) is 0.407. The third-order valence-electron chi connectivity index (χ3n) is 1.35. The number of hydroxylamine groups is 2. The summed E-state index contributed by atoms with van der Waals surface area (Å²) in [6, 6.07) is 0. The highest BCUT2D eigenvalue weighted by molar-refractivity contribution is 7.73. The Bertz CT molecular complexity index is 469. The molecule has 78 valence electrons. The van der Waals surface area contributed by atoms with E-state index in [1.807, 2.05) is 0 Å². The molecule has 14 heavy (non-hydrogen) atoms. The van der Waals surface area contributed by atoms with Crippen LogP contribution in [0.2, 0.25) is 0 Å². The first-order valence-electron chi connectivity index (χ1n) is 3.00. The monoisotopic (exact) mass is 295 g/mol. The normalized spacial score (nSPS) is 23.2. The summed E-state index contributed by atoms with van der Waals surface area (Å²) in [5, 5.41) is 8.91. The summed E-state index contributed by atoms with van der Waals surface area (Å²) in [6.45, 7) is 0. The van der Waals surface area contributed by atoms with E-state index in [4.69, 9.17) is 46.4 Å². The number of hydrogen-bond donors (Lipinski definition) is 1. The molecule has 0 saturated carbocycles. The predicted molar refractivity (Wildman–Crippen MR) is 55.7 cm³/mol. The molecule has 0 fully saturated rings. The molecule has 1 rings (SSSR count). The number of halogens is 4. The Kier molecular flexibility index (Phi) is 3.87. The van der Waals surface area contributed by atoms with E-state index < -0.39 is 30.5 Å². The second-order valence-corrected chi connectivity index (χ2v) is 4.54. The van der Waals surface area contributed by atoms with Gasteiger partial charge in [0.15, 0.2) is 0 Å². The van der Waals surface area contributed by atoms with Gasteiger partial charge in [0.05, 0.1) is 5.03 Å². The predicted octanol–water partition coefficient (Wildman–Crippen LogP) is 0.728. The molecule has 1 aliphatic rings.